The summed E-state index contributed by atoms with van der Waals surface area (Å²) in [6.45, 7) is 11.6. The molecule has 0 spiro atoms. The zero-order valence-corrected chi connectivity index (χ0v) is 17.7. The first kappa shape index (κ1) is 18.9. The average Bonchev–Trinajstić information content (AvgIpc) is 3.07. The summed E-state index contributed by atoms with van der Waals surface area (Å²) in [5, 5.41) is 1.11. The summed E-state index contributed by atoms with van der Waals surface area (Å²) in [7, 11) is 0. The summed E-state index contributed by atoms with van der Waals surface area (Å²) in [5.74, 6) is 1.09. The molecule has 3 heterocycles. The molecule has 1 fully saturated rings. The minimum Gasteiger partial charge on any atom is -0.352 e. The van der Waals surface area contributed by atoms with E-state index in [2.05, 4.69) is 60.8 Å². The molecule has 146 valence electrons. The molecule has 3 aromatic rings. The Balaban J connectivity index is 1.45. The second-order valence-electron chi connectivity index (χ2n) is 8.38. The highest BCUT2D eigenvalue weighted by Crippen LogP contribution is 2.30. The zero-order valence-electron chi connectivity index (χ0n) is 16.9. The van der Waals surface area contributed by atoms with Crippen molar-refractivity contribution in [3.63, 3.8) is 0 Å². The van der Waals surface area contributed by atoms with E-state index in [1.807, 2.05) is 17.0 Å². The Bertz CT molecular complexity index is 996. The SMILES string of the molecule is Cc1cc2c(N3CCN(C(=O)c4ccc(C(C)(C)C)cc4)CC3)ncnc2s1. The number of benzene rings is 1. The van der Waals surface area contributed by atoms with E-state index in [0.29, 0.717) is 13.1 Å². The van der Waals surface area contributed by atoms with Gasteiger partial charge in [0.1, 0.15) is 17.0 Å². The smallest absolute Gasteiger partial charge is 0.253 e. The maximum atomic E-state index is 12.9. The van der Waals surface area contributed by atoms with Gasteiger partial charge >= 0.3 is 0 Å². The minimum atomic E-state index is 0.0933. The number of piperazine rings is 1. The second-order valence-corrected chi connectivity index (χ2v) is 9.61. The lowest BCUT2D eigenvalue weighted by molar-refractivity contribution is 0.0746. The van der Waals surface area contributed by atoms with E-state index in [0.717, 1.165) is 34.7 Å². The normalized spacial score (nSPS) is 15.3. The van der Waals surface area contributed by atoms with Gasteiger partial charge in [-0.2, -0.15) is 0 Å². The van der Waals surface area contributed by atoms with Crippen LogP contribution in [0.25, 0.3) is 10.2 Å². The summed E-state index contributed by atoms with van der Waals surface area (Å²) in [5.41, 5.74) is 2.10. The summed E-state index contributed by atoms with van der Waals surface area (Å²) in [6, 6.07) is 10.2. The number of nitrogens with zero attached hydrogens (tertiary/aromatic N) is 4. The van der Waals surface area contributed by atoms with Crippen molar-refractivity contribution in [1.29, 1.82) is 0 Å². The van der Waals surface area contributed by atoms with Gasteiger partial charge in [-0.05, 0) is 36.1 Å². The van der Waals surface area contributed by atoms with E-state index in [-0.39, 0.29) is 11.3 Å². The molecule has 6 heteroatoms. The fourth-order valence-corrected chi connectivity index (χ4v) is 4.47. The van der Waals surface area contributed by atoms with Crippen molar-refractivity contribution in [3.8, 4) is 0 Å². The van der Waals surface area contributed by atoms with Crippen LogP contribution in [-0.4, -0.2) is 47.0 Å². The van der Waals surface area contributed by atoms with Crippen LogP contribution in [0.4, 0.5) is 5.82 Å². The topological polar surface area (TPSA) is 49.3 Å². The van der Waals surface area contributed by atoms with Crippen LogP contribution in [0.3, 0.4) is 0 Å². The van der Waals surface area contributed by atoms with Gasteiger partial charge in [0.2, 0.25) is 0 Å². The Kier molecular flexibility index (Phi) is 4.83. The molecule has 1 amide bonds. The lowest BCUT2D eigenvalue weighted by atomic mass is 9.86. The molecule has 1 aliphatic rings. The van der Waals surface area contributed by atoms with E-state index >= 15 is 0 Å². The quantitative estimate of drug-likeness (QED) is 0.652. The largest absolute Gasteiger partial charge is 0.352 e. The van der Waals surface area contributed by atoms with E-state index in [1.54, 1.807) is 17.7 Å². The van der Waals surface area contributed by atoms with Crippen LogP contribution in [0.2, 0.25) is 0 Å². The highest BCUT2D eigenvalue weighted by Gasteiger charge is 2.24. The van der Waals surface area contributed by atoms with Crippen molar-refractivity contribution in [2.24, 2.45) is 0 Å². The molecule has 1 aromatic carbocycles. The molecule has 0 N–H and O–H groups in total. The first-order valence-corrected chi connectivity index (χ1v) is 10.5. The summed E-state index contributed by atoms with van der Waals surface area (Å²) >= 11 is 1.69. The van der Waals surface area contributed by atoms with Gasteiger partial charge in [-0.25, -0.2) is 9.97 Å². The van der Waals surface area contributed by atoms with Crippen molar-refractivity contribution < 1.29 is 4.79 Å². The predicted octanol–water partition coefficient (Wildman–Crippen LogP) is 4.26. The number of aryl methyl sites for hydroxylation is 1. The van der Waals surface area contributed by atoms with Crippen LogP contribution in [0.5, 0.6) is 0 Å². The van der Waals surface area contributed by atoms with Crippen LogP contribution < -0.4 is 4.90 Å². The van der Waals surface area contributed by atoms with Crippen LogP contribution in [-0.2, 0) is 5.41 Å². The van der Waals surface area contributed by atoms with E-state index in [4.69, 9.17) is 0 Å². The van der Waals surface area contributed by atoms with Gasteiger partial charge in [0.15, 0.2) is 0 Å². The van der Waals surface area contributed by atoms with E-state index in [1.165, 1.54) is 10.4 Å². The highest BCUT2D eigenvalue weighted by atomic mass is 32.1. The van der Waals surface area contributed by atoms with Crippen LogP contribution in [0.15, 0.2) is 36.7 Å². The summed E-state index contributed by atoms with van der Waals surface area (Å²) in [4.78, 5) is 28.3. The monoisotopic (exact) mass is 394 g/mol. The molecular formula is C22H26N4OS. The molecule has 0 radical (unpaired) electrons. The molecule has 1 saturated heterocycles. The zero-order chi connectivity index (χ0) is 19.9. The van der Waals surface area contributed by atoms with Crippen molar-refractivity contribution in [2.75, 3.05) is 31.1 Å². The van der Waals surface area contributed by atoms with Gasteiger partial charge in [0.25, 0.3) is 5.91 Å². The Labute approximate surface area is 170 Å². The molecule has 2 aromatic heterocycles. The predicted molar refractivity (Wildman–Crippen MR) is 115 cm³/mol. The van der Waals surface area contributed by atoms with Gasteiger partial charge in [-0.1, -0.05) is 32.9 Å². The number of hydrogen-bond acceptors (Lipinski definition) is 5. The number of carbonyl (C=O) groups is 1. The first-order chi connectivity index (χ1) is 13.3. The number of fused-ring (bicyclic) bond motifs is 1. The molecule has 0 bridgehead atoms. The highest BCUT2D eigenvalue weighted by molar-refractivity contribution is 7.18. The fourth-order valence-electron chi connectivity index (χ4n) is 3.63. The number of amides is 1. The molecule has 0 atom stereocenters. The maximum Gasteiger partial charge on any atom is 0.253 e. The molecule has 0 unspecified atom stereocenters. The standard InChI is InChI=1S/C22H26N4OS/c1-15-13-18-19(23-14-24-20(18)28-15)25-9-11-26(12-10-25)21(27)16-5-7-17(8-6-16)22(2,3)4/h5-8,13-14H,9-12H2,1-4H3. The number of carbonyl (C=O) groups excluding carboxylic acids is 1. The van der Waals surface area contributed by atoms with Crippen LogP contribution in [0, 0.1) is 6.92 Å². The van der Waals surface area contributed by atoms with Crippen molar-refractivity contribution in [1.82, 2.24) is 14.9 Å². The van der Waals surface area contributed by atoms with E-state index in [9.17, 15) is 4.79 Å². The molecule has 0 saturated carbocycles. The Morgan fingerprint density at radius 2 is 1.71 bits per heavy atom. The molecule has 1 aliphatic heterocycles. The Morgan fingerprint density at radius 3 is 2.36 bits per heavy atom. The van der Waals surface area contributed by atoms with Gasteiger partial charge in [-0.3, -0.25) is 4.79 Å². The third kappa shape index (κ3) is 3.61. The third-order valence-corrected chi connectivity index (χ3v) is 6.25. The number of rotatable bonds is 2. The Hall–Kier alpha value is -2.47. The summed E-state index contributed by atoms with van der Waals surface area (Å²) < 4.78 is 0. The van der Waals surface area contributed by atoms with Crippen molar-refractivity contribution >= 4 is 33.3 Å². The molecule has 4 rings (SSSR count). The number of aromatic nitrogens is 2. The van der Waals surface area contributed by atoms with Gasteiger partial charge in [-0.15, -0.1) is 11.3 Å². The van der Waals surface area contributed by atoms with Gasteiger partial charge in [0, 0.05) is 36.6 Å². The number of thiophene rings is 1. The van der Waals surface area contributed by atoms with Gasteiger partial charge in [0.05, 0.1) is 5.39 Å². The fraction of sp³-hybridized carbons (Fsp3) is 0.409. The number of hydrogen-bond donors (Lipinski definition) is 0. The average molecular weight is 395 g/mol. The van der Waals surface area contributed by atoms with Crippen molar-refractivity contribution in [3.05, 3.63) is 52.7 Å². The minimum absolute atomic E-state index is 0.0933. The number of anilines is 1. The Morgan fingerprint density at radius 1 is 1.04 bits per heavy atom. The van der Waals surface area contributed by atoms with Crippen LogP contribution >= 0.6 is 11.3 Å². The molecule has 28 heavy (non-hydrogen) atoms. The molecule has 0 aliphatic carbocycles. The molecule has 5 nitrogen and oxygen atoms in total. The maximum absolute atomic E-state index is 12.9. The lowest BCUT2D eigenvalue weighted by Gasteiger charge is -2.35. The van der Waals surface area contributed by atoms with E-state index < -0.39 is 0 Å². The summed E-state index contributed by atoms with van der Waals surface area (Å²) in [6.07, 6.45) is 1.64. The van der Waals surface area contributed by atoms with Crippen LogP contribution in [0.1, 0.15) is 41.6 Å². The second kappa shape index (κ2) is 7.17. The van der Waals surface area contributed by atoms with Gasteiger partial charge < -0.3 is 9.80 Å². The van der Waals surface area contributed by atoms with Crippen molar-refractivity contribution in [2.45, 2.75) is 33.1 Å². The lowest BCUT2D eigenvalue weighted by Crippen LogP contribution is -2.49. The molecular weight excluding hydrogens is 368 g/mol. The first-order valence-electron chi connectivity index (χ1n) is 9.69. The third-order valence-electron chi connectivity index (χ3n) is 5.30.